The molecule has 0 atom stereocenters. The number of para-hydroxylation sites is 1. The van der Waals surface area contributed by atoms with Crippen LogP contribution in [0.5, 0.6) is 5.75 Å². The highest BCUT2D eigenvalue weighted by Crippen LogP contribution is 2.20. The summed E-state index contributed by atoms with van der Waals surface area (Å²) in [5.41, 5.74) is 1.09. The average Bonchev–Trinajstić information content (AvgIpc) is 2.46. The number of benzene rings is 2. The van der Waals surface area contributed by atoms with E-state index in [0.717, 1.165) is 0 Å². The van der Waals surface area contributed by atoms with Crippen molar-refractivity contribution in [3.05, 3.63) is 69.8 Å². The van der Waals surface area contributed by atoms with Gasteiger partial charge in [0.05, 0.1) is 22.1 Å². The molecule has 0 saturated heterocycles. The first kappa shape index (κ1) is 12.6. The lowest BCUT2D eigenvalue weighted by molar-refractivity contribution is -0.385. The van der Waals surface area contributed by atoms with E-state index in [4.69, 9.17) is 10.00 Å². The summed E-state index contributed by atoms with van der Waals surface area (Å²) < 4.78 is 5.47. The molecule has 2 aromatic rings. The van der Waals surface area contributed by atoms with Crippen LogP contribution in [0, 0.1) is 21.4 Å². The molecule has 0 amide bonds. The van der Waals surface area contributed by atoms with E-state index in [-0.39, 0.29) is 12.3 Å². The minimum Gasteiger partial charge on any atom is -0.489 e. The molecular formula is C14H10N2O3. The number of nitro benzene ring substituents is 1. The van der Waals surface area contributed by atoms with Crippen molar-refractivity contribution in [2.45, 2.75) is 6.61 Å². The van der Waals surface area contributed by atoms with Crippen LogP contribution in [0.3, 0.4) is 0 Å². The smallest absolute Gasteiger partial charge is 0.276 e. The minimum absolute atomic E-state index is 0.0381. The molecule has 2 rings (SSSR count). The minimum atomic E-state index is -0.433. The zero-order valence-corrected chi connectivity index (χ0v) is 9.95. The maximum absolute atomic E-state index is 10.8. The predicted molar refractivity (Wildman–Crippen MR) is 68.6 cm³/mol. The molecule has 0 radical (unpaired) electrons. The summed E-state index contributed by atoms with van der Waals surface area (Å²) in [5.74, 6) is 0.567. The Hall–Kier alpha value is -2.87. The summed E-state index contributed by atoms with van der Waals surface area (Å²) >= 11 is 0. The molecule has 94 valence electrons. The van der Waals surface area contributed by atoms with E-state index < -0.39 is 4.92 Å². The van der Waals surface area contributed by atoms with Crippen LogP contribution in [0.25, 0.3) is 0 Å². The monoisotopic (exact) mass is 254 g/mol. The quantitative estimate of drug-likeness (QED) is 0.620. The summed E-state index contributed by atoms with van der Waals surface area (Å²) in [6.45, 7) is 0.114. The van der Waals surface area contributed by atoms with Crippen LogP contribution < -0.4 is 4.74 Å². The molecule has 0 heterocycles. The van der Waals surface area contributed by atoms with Gasteiger partial charge in [0, 0.05) is 6.07 Å². The van der Waals surface area contributed by atoms with Crippen molar-refractivity contribution < 1.29 is 9.66 Å². The molecule has 0 saturated carbocycles. The molecule has 0 aliphatic carbocycles. The van der Waals surface area contributed by atoms with Crippen LogP contribution in [0.4, 0.5) is 5.69 Å². The number of rotatable bonds is 4. The highest BCUT2D eigenvalue weighted by Gasteiger charge is 2.12. The van der Waals surface area contributed by atoms with Crippen molar-refractivity contribution in [1.82, 2.24) is 0 Å². The SMILES string of the molecule is N#Cc1ccc(OCc2ccccc2[N+](=O)[O-])cc1. The largest absolute Gasteiger partial charge is 0.489 e. The van der Waals surface area contributed by atoms with E-state index in [1.165, 1.54) is 6.07 Å². The van der Waals surface area contributed by atoms with Crippen molar-refractivity contribution in [1.29, 1.82) is 5.26 Å². The van der Waals surface area contributed by atoms with Gasteiger partial charge in [-0.1, -0.05) is 12.1 Å². The maximum Gasteiger partial charge on any atom is 0.276 e. The highest BCUT2D eigenvalue weighted by atomic mass is 16.6. The normalized spacial score (nSPS) is 9.63. The van der Waals surface area contributed by atoms with Crippen molar-refractivity contribution >= 4 is 5.69 Å². The number of nitro groups is 1. The highest BCUT2D eigenvalue weighted by molar-refractivity contribution is 5.40. The van der Waals surface area contributed by atoms with Gasteiger partial charge in [0.2, 0.25) is 0 Å². The summed E-state index contributed by atoms with van der Waals surface area (Å²) in [6, 6.07) is 15.0. The number of hydrogen-bond donors (Lipinski definition) is 0. The zero-order chi connectivity index (χ0) is 13.7. The predicted octanol–water partition coefficient (Wildman–Crippen LogP) is 3.05. The van der Waals surface area contributed by atoms with Crippen LogP contribution in [0.1, 0.15) is 11.1 Å². The number of nitrogens with zero attached hydrogens (tertiary/aromatic N) is 2. The fourth-order valence-electron chi connectivity index (χ4n) is 1.60. The molecule has 0 aromatic heterocycles. The van der Waals surface area contributed by atoms with Crippen molar-refractivity contribution in [3.8, 4) is 11.8 Å². The molecule has 0 N–H and O–H groups in total. The standard InChI is InChI=1S/C14H10N2O3/c15-9-11-5-7-13(8-6-11)19-10-12-3-1-2-4-14(12)16(17)18/h1-8H,10H2. The summed E-state index contributed by atoms with van der Waals surface area (Å²) in [4.78, 5) is 10.4. The third-order valence-corrected chi connectivity index (χ3v) is 2.57. The summed E-state index contributed by atoms with van der Waals surface area (Å²) in [7, 11) is 0. The Morgan fingerprint density at radius 2 is 1.84 bits per heavy atom. The van der Waals surface area contributed by atoms with Crippen molar-refractivity contribution in [2.24, 2.45) is 0 Å². The third kappa shape index (κ3) is 3.07. The average molecular weight is 254 g/mol. The van der Waals surface area contributed by atoms with Gasteiger partial charge in [0.15, 0.2) is 0 Å². The Kier molecular flexibility index (Phi) is 3.74. The molecule has 0 bridgehead atoms. The Morgan fingerprint density at radius 1 is 1.16 bits per heavy atom. The van der Waals surface area contributed by atoms with E-state index in [0.29, 0.717) is 16.9 Å². The molecule has 5 heteroatoms. The van der Waals surface area contributed by atoms with E-state index in [2.05, 4.69) is 0 Å². The lowest BCUT2D eigenvalue weighted by Crippen LogP contribution is -2.00. The second-order valence-electron chi connectivity index (χ2n) is 3.81. The molecule has 5 nitrogen and oxygen atoms in total. The zero-order valence-electron chi connectivity index (χ0n) is 9.95. The van der Waals surface area contributed by atoms with Crippen LogP contribution >= 0.6 is 0 Å². The van der Waals surface area contributed by atoms with Gasteiger partial charge in [-0.25, -0.2) is 0 Å². The van der Waals surface area contributed by atoms with Gasteiger partial charge in [-0.05, 0) is 30.3 Å². The number of hydrogen-bond acceptors (Lipinski definition) is 4. The first-order chi connectivity index (χ1) is 9.20. The molecule has 0 fully saturated rings. The summed E-state index contributed by atoms with van der Waals surface area (Å²) in [6.07, 6.45) is 0. The molecule has 0 unspecified atom stereocenters. The number of ether oxygens (including phenoxy) is 1. The Balaban J connectivity index is 2.10. The lowest BCUT2D eigenvalue weighted by atomic mass is 10.2. The van der Waals surface area contributed by atoms with Crippen LogP contribution in [0.15, 0.2) is 48.5 Å². The van der Waals surface area contributed by atoms with Gasteiger partial charge in [0.1, 0.15) is 12.4 Å². The second-order valence-corrected chi connectivity index (χ2v) is 3.81. The molecule has 19 heavy (non-hydrogen) atoms. The van der Waals surface area contributed by atoms with E-state index in [1.54, 1.807) is 42.5 Å². The van der Waals surface area contributed by atoms with Crippen LogP contribution in [-0.4, -0.2) is 4.92 Å². The fraction of sp³-hybridized carbons (Fsp3) is 0.0714. The maximum atomic E-state index is 10.8. The van der Waals surface area contributed by atoms with Gasteiger partial charge in [-0.3, -0.25) is 10.1 Å². The van der Waals surface area contributed by atoms with Crippen molar-refractivity contribution in [3.63, 3.8) is 0 Å². The topological polar surface area (TPSA) is 76.2 Å². The van der Waals surface area contributed by atoms with E-state index >= 15 is 0 Å². The van der Waals surface area contributed by atoms with Gasteiger partial charge in [-0.2, -0.15) is 5.26 Å². The molecule has 0 aliphatic heterocycles. The fourth-order valence-corrected chi connectivity index (χ4v) is 1.60. The van der Waals surface area contributed by atoms with Crippen LogP contribution in [0.2, 0.25) is 0 Å². The first-order valence-corrected chi connectivity index (χ1v) is 5.56. The van der Waals surface area contributed by atoms with E-state index in [9.17, 15) is 10.1 Å². The van der Waals surface area contributed by atoms with Gasteiger partial charge >= 0.3 is 0 Å². The number of nitriles is 1. The lowest BCUT2D eigenvalue weighted by Gasteiger charge is -2.06. The molecule has 0 spiro atoms. The third-order valence-electron chi connectivity index (χ3n) is 2.57. The molecule has 2 aromatic carbocycles. The van der Waals surface area contributed by atoms with E-state index in [1.807, 2.05) is 6.07 Å². The Labute approximate surface area is 109 Å². The Bertz CT molecular complexity index is 630. The Morgan fingerprint density at radius 3 is 2.47 bits per heavy atom. The van der Waals surface area contributed by atoms with Gasteiger partial charge in [-0.15, -0.1) is 0 Å². The second kappa shape index (κ2) is 5.65. The summed E-state index contributed by atoms with van der Waals surface area (Å²) in [5, 5.41) is 19.5. The molecule has 0 aliphatic rings. The molecular weight excluding hydrogens is 244 g/mol. The van der Waals surface area contributed by atoms with Crippen LogP contribution in [-0.2, 0) is 6.61 Å². The van der Waals surface area contributed by atoms with Crippen molar-refractivity contribution in [2.75, 3.05) is 0 Å². The first-order valence-electron chi connectivity index (χ1n) is 5.56. The van der Waals surface area contributed by atoms with Gasteiger partial charge < -0.3 is 4.74 Å². The van der Waals surface area contributed by atoms with Gasteiger partial charge in [0.25, 0.3) is 5.69 Å².